The molecular weight excluding hydrogens is 212 g/mol. The van der Waals surface area contributed by atoms with Crippen molar-refractivity contribution < 1.29 is 22.3 Å². The standard InChI is InChI=1S/C10H12F4O/c1-6(2)8-5-7(3-4-9(8)11)15-10(12,13)14/h3-4,6,8H,5H2,1-2H3. The molecule has 0 aromatic rings. The van der Waals surface area contributed by atoms with E-state index in [0.29, 0.717) is 0 Å². The Balaban J connectivity index is 2.71. The van der Waals surface area contributed by atoms with Crippen molar-refractivity contribution in [1.29, 1.82) is 0 Å². The fourth-order valence-corrected chi connectivity index (χ4v) is 1.46. The van der Waals surface area contributed by atoms with Crippen LogP contribution >= 0.6 is 0 Å². The van der Waals surface area contributed by atoms with Crippen LogP contribution in [-0.2, 0) is 4.74 Å². The van der Waals surface area contributed by atoms with Crippen molar-refractivity contribution in [2.45, 2.75) is 26.6 Å². The minimum atomic E-state index is -4.70. The van der Waals surface area contributed by atoms with Gasteiger partial charge in [-0.25, -0.2) is 4.39 Å². The second kappa shape index (κ2) is 4.24. The monoisotopic (exact) mass is 224 g/mol. The Morgan fingerprint density at radius 3 is 2.40 bits per heavy atom. The summed E-state index contributed by atoms with van der Waals surface area (Å²) in [7, 11) is 0. The summed E-state index contributed by atoms with van der Waals surface area (Å²) < 4.78 is 52.6. The zero-order valence-electron chi connectivity index (χ0n) is 8.44. The maximum absolute atomic E-state index is 13.2. The van der Waals surface area contributed by atoms with Crippen molar-refractivity contribution in [3.63, 3.8) is 0 Å². The van der Waals surface area contributed by atoms with Crippen molar-refractivity contribution in [1.82, 2.24) is 0 Å². The van der Waals surface area contributed by atoms with Crippen molar-refractivity contribution in [3.05, 3.63) is 23.7 Å². The van der Waals surface area contributed by atoms with Crippen molar-refractivity contribution in [2.75, 3.05) is 0 Å². The lowest BCUT2D eigenvalue weighted by molar-refractivity contribution is -0.307. The molecule has 1 nitrogen and oxygen atoms in total. The maximum atomic E-state index is 13.2. The molecule has 0 radical (unpaired) electrons. The average molecular weight is 224 g/mol. The summed E-state index contributed by atoms with van der Waals surface area (Å²) in [5.41, 5.74) is 0. The van der Waals surface area contributed by atoms with E-state index in [2.05, 4.69) is 4.74 Å². The molecule has 0 bridgehead atoms. The predicted octanol–water partition coefficient (Wildman–Crippen LogP) is 3.94. The minimum Gasteiger partial charge on any atom is -0.410 e. The van der Waals surface area contributed by atoms with Gasteiger partial charge in [0, 0.05) is 12.3 Å². The van der Waals surface area contributed by atoms with Crippen LogP contribution in [0.4, 0.5) is 17.6 Å². The van der Waals surface area contributed by atoms with Crippen LogP contribution in [0.2, 0.25) is 0 Å². The van der Waals surface area contributed by atoms with E-state index in [9.17, 15) is 17.6 Å². The van der Waals surface area contributed by atoms with Gasteiger partial charge in [0.1, 0.15) is 11.6 Å². The highest BCUT2D eigenvalue weighted by molar-refractivity contribution is 5.20. The molecule has 1 atom stereocenters. The van der Waals surface area contributed by atoms with Crippen LogP contribution in [0.1, 0.15) is 20.3 Å². The van der Waals surface area contributed by atoms with Gasteiger partial charge in [-0.3, -0.25) is 0 Å². The van der Waals surface area contributed by atoms with Crippen LogP contribution in [0.5, 0.6) is 0 Å². The summed E-state index contributed by atoms with van der Waals surface area (Å²) in [4.78, 5) is 0. The smallest absolute Gasteiger partial charge is 0.410 e. The Bertz CT molecular complexity index is 288. The quantitative estimate of drug-likeness (QED) is 0.645. The number of hydrogen-bond donors (Lipinski definition) is 0. The highest BCUT2D eigenvalue weighted by Crippen LogP contribution is 2.34. The van der Waals surface area contributed by atoms with Gasteiger partial charge in [-0.05, 0) is 18.1 Å². The lowest BCUT2D eigenvalue weighted by Gasteiger charge is -2.24. The van der Waals surface area contributed by atoms with Gasteiger partial charge in [-0.1, -0.05) is 13.8 Å². The normalized spacial score (nSPS) is 22.5. The first-order valence-electron chi connectivity index (χ1n) is 4.61. The Hall–Kier alpha value is -1.00. The number of allylic oxidation sites excluding steroid dienone is 4. The summed E-state index contributed by atoms with van der Waals surface area (Å²) in [6, 6.07) is 0. The Labute approximate surface area is 85.4 Å². The second-order valence-electron chi connectivity index (χ2n) is 3.79. The minimum absolute atomic E-state index is 0.0422. The molecule has 0 aliphatic heterocycles. The lowest BCUT2D eigenvalue weighted by atomic mass is 9.88. The van der Waals surface area contributed by atoms with Crippen LogP contribution in [0.15, 0.2) is 23.7 Å². The van der Waals surface area contributed by atoms with Crippen LogP contribution in [0.25, 0.3) is 0 Å². The van der Waals surface area contributed by atoms with Crippen LogP contribution in [0.3, 0.4) is 0 Å². The van der Waals surface area contributed by atoms with E-state index in [4.69, 9.17) is 0 Å². The largest absolute Gasteiger partial charge is 0.572 e. The fourth-order valence-electron chi connectivity index (χ4n) is 1.46. The summed E-state index contributed by atoms with van der Waals surface area (Å²) in [5.74, 6) is -1.20. The van der Waals surface area contributed by atoms with E-state index in [1.165, 1.54) is 0 Å². The van der Waals surface area contributed by atoms with E-state index < -0.39 is 12.3 Å². The molecule has 0 spiro atoms. The van der Waals surface area contributed by atoms with Gasteiger partial charge in [0.25, 0.3) is 0 Å². The van der Waals surface area contributed by atoms with Crippen molar-refractivity contribution in [2.24, 2.45) is 11.8 Å². The van der Waals surface area contributed by atoms with Gasteiger partial charge in [-0.15, -0.1) is 13.2 Å². The van der Waals surface area contributed by atoms with Gasteiger partial charge in [0.15, 0.2) is 0 Å². The van der Waals surface area contributed by atoms with Crippen molar-refractivity contribution >= 4 is 0 Å². The molecule has 0 fully saturated rings. The lowest BCUT2D eigenvalue weighted by Crippen LogP contribution is -2.19. The molecule has 0 aromatic heterocycles. The highest BCUT2D eigenvalue weighted by atomic mass is 19.4. The molecule has 0 heterocycles. The SMILES string of the molecule is CC(C)C1CC(OC(F)(F)F)=CC=C1F. The molecule has 0 aromatic carbocycles. The maximum Gasteiger partial charge on any atom is 0.572 e. The number of ether oxygens (including phenoxy) is 1. The Morgan fingerprint density at radius 1 is 1.33 bits per heavy atom. The summed E-state index contributed by atoms with van der Waals surface area (Å²) >= 11 is 0. The van der Waals surface area contributed by atoms with E-state index in [1.807, 2.05) is 0 Å². The Kier molecular flexibility index (Phi) is 3.42. The van der Waals surface area contributed by atoms with Gasteiger partial charge >= 0.3 is 6.36 Å². The van der Waals surface area contributed by atoms with Gasteiger partial charge < -0.3 is 4.74 Å². The zero-order valence-corrected chi connectivity index (χ0v) is 8.44. The number of alkyl halides is 3. The molecule has 86 valence electrons. The molecule has 1 aliphatic carbocycles. The first-order chi connectivity index (χ1) is 6.79. The molecule has 1 rings (SSSR count). The van der Waals surface area contributed by atoms with Gasteiger partial charge in [-0.2, -0.15) is 0 Å². The Morgan fingerprint density at radius 2 is 1.93 bits per heavy atom. The van der Waals surface area contributed by atoms with E-state index >= 15 is 0 Å². The molecular formula is C10H12F4O. The van der Waals surface area contributed by atoms with Crippen molar-refractivity contribution in [3.8, 4) is 0 Å². The topological polar surface area (TPSA) is 9.23 Å². The average Bonchev–Trinajstić information content (AvgIpc) is 2.05. The van der Waals surface area contributed by atoms with E-state index in [1.54, 1.807) is 13.8 Å². The number of halogens is 4. The third-order valence-electron chi connectivity index (χ3n) is 2.26. The molecule has 5 heteroatoms. The van der Waals surface area contributed by atoms with Crippen LogP contribution in [-0.4, -0.2) is 6.36 Å². The predicted molar refractivity (Wildman–Crippen MR) is 47.4 cm³/mol. The number of rotatable bonds is 2. The third-order valence-corrected chi connectivity index (χ3v) is 2.26. The number of hydrogen-bond acceptors (Lipinski definition) is 1. The first-order valence-corrected chi connectivity index (χ1v) is 4.61. The van der Waals surface area contributed by atoms with Crippen LogP contribution in [0, 0.1) is 11.8 Å². The van der Waals surface area contributed by atoms with Gasteiger partial charge in [0.05, 0.1) is 0 Å². The van der Waals surface area contributed by atoms with Crippen LogP contribution < -0.4 is 0 Å². The van der Waals surface area contributed by atoms with Gasteiger partial charge in [0.2, 0.25) is 0 Å². The van der Waals surface area contributed by atoms with E-state index in [-0.39, 0.29) is 23.9 Å². The molecule has 1 aliphatic rings. The summed E-state index contributed by atoms with van der Waals surface area (Å²) in [6.07, 6.45) is -2.68. The molecule has 0 N–H and O–H groups in total. The second-order valence-corrected chi connectivity index (χ2v) is 3.79. The summed E-state index contributed by atoms with van der Waals surface area (Å²) in [5, 5.41) is 0. The zero-order chi connectivity index (χ0) is 11.6. The molecule has 15 heavy (non-hydrogen) atoms. The molecule has 0 saturated carbocycles. The van der Waals surface area contributed by atoms with E-state index in [0.717, 1.165) is 12.2 Å². The molecule has 1 unspecified atom stereocenters. The molecule has 0 saturated heterocycles. The third kappa shape index (κ3) is 3.57. The summed E-state index contributed by atoms with van der Waals surface area (Å²) in [6.45, 7) is 3.52. The fraction of sp³-hybridized carbons (Fsp3) is 0.600. The highest BCUT2D eigenvalue weighted by Gasteiger charge is 2.34. The first kappa shape index (κ1) is 12.1. The molecule has 0 amide bonds.